The molecule has 0 radical (unpaired) electrons. The lowest BCUT2D eigenvalue weighted by Crippen LogP contribution is -2.36. The van der Waals surface area contributed by atoms with E-state index in [1.54, 1.807) is 0 Å². The van der Waals surface area contributed by atoms with Crippen molar-refractivity contribution < 1.29 is 9.53 Å². The normalized spacial score (nSPS) is 24.6. The fourth-order valence-electron chi connectivity index (χ4n) is 3.50. The minimum Gasteiger partial charge on any atom is -0.372 e. The second kappa shape index (κ2) is 6.58. The van der Waals surface area contributed by atoms with Gasteiger partial charge in [-0.3, -0.25) is 4.79 Å². The van der Waals surface area contributed by atoms with Gasteiger partial charge in [0.05, 0.1) is 13.2 Å². The van der Waals surface area contributed by atoms with Gasteiger partial charge in [0, 0.05) is 12.1 Å². The molecule has 1 aliphatic heterocycles. The minimum absolute atomic E-state index is 0.0195. The molecule has 4 heteroatoms. The minimum atomic E-state index is 0.0195. The molecule has 114 valence electrons. The van der Waals surface area contributed by atoms with Gasteiger partial charge in [-0.05, 0) is 54.5 Å². The monoisotopic (exact) mass is 288 g/mol. The third-order valence-corrected chi connectivity index (χ3v) is 4.88. The van der Waals surface area contributed by atoms with Crippen LogP contribution in [0.3, 0.4) is 0 Å². The van der Waals surface area contributed by atoms with Crippen LogP contribution in [0, 0.1) is 11.8 Å². The van der Waals surface area contributed by atoms with Crippen molar-refractivity contribution >= 4 is 5.91 Å². The summed E-state index contributed by atoms with van der Waals surface area (Å²) in [7, 11) is 0. The van der Waals surface area contributed by atoms with Gasteiger partial charge < -0.3 is 15.8 Å². The number of carbonyl (C=O) groups is 1. The number of amides is 1. The molecule has 1 amide bonds. The summed E-state index contributed by atoms with van der Waals surface area (Å²) in [5.41, 5.74) is 8.92. The van der Waals surface area contributed by atoms with E-state index in [-0.39, 0.29) is 5.91 Å². The van der Waals surface area contributed by atoms with E-state index < -0.39 is 0 Å². The van der Waals surface area contributed by atoms with Crippen LogP contribution in [0.15, 0.2) is 18.2 Å². The summed E-state index contributed by atoms with van der Waals surface area (Å²) in [6.45, 7) is 2.76. The van der Waals surface area contributed by atoms with Gasteiger partial charge in [-0.1, -0.05) is 18.9 Å². The molecule has 1 fully saturated rings. The van der Waals surface area contributed by atoms with E-state index in [9.17, 15) is 4.79 Å². The van der Waals surface area contributed by atoms with Crippen LogP contribution >= 0.6 is 0 Å². The van der Waals surface area contributed by atoms with Crippen LogP contribution in [-0.4, -0.2) is 19.0 Å². The van der Waals surface area contributed by atoms with Gasteiger partial charge >= 0.3 is 0 Å². The number of fused-ring (bicyclic) bond motifs is 1. The van der Waals surface area contributed by atoms with Gasteiger partial charge in [-0.2, -0.15) is 0 Å². The van der Waals surface area contributed by atoms with Crippen LogP contribution in [0.4, 0.5) is 0 Å². The Kier molecular flexibility index (Phi) is 4.56. The molecule has 2 atom stereocenters. The lowest BCUT2D eigenvalue weighted by molar-refractivity contribution is 0.0935. The number of carbonyl (C=O) groups excluding carboxylic acids is 1. The van der Waals surface area contributed by atoms with Crippen molar-refractivity contribution in [2.75, 3.05) is 13.1 Å². The summed E-state index contributed by atoms with van der Waals surface area (Å²) >= 11 is 0. The molecule has 1 aromatic rings. The highest BCUT2D eigenvalue weighted by Gasteiger charge is 2.24. The summed E-state index contributed by atoms with van der Waals surface area (Å²) in [4.78, 5) is 12.3. The first-order valence-electron chi connectivity index (χ1n) is 7.95. The van der Waals surface area contributed by atoms with Crippen LogP contribution in [0.1, 0.15) is 47.2 Å². The lowest BCUT2D eigenvalue weighted by Gasteiger charge is -2.30. The van der Waals surface area contributed by atoms with Crippen LogP contribution < -0.4 is 11.1 Å². The van der Waals surface area contributed by atoms with Gasteiger partial charge in [0.25, 0.3) is 5.91 Å². The average Bonchev–Trinajstić information content (AvgIpc) is 3.00. The van der Waals surface area contributed by atoms with Crippen LogP contribution in [0.5, 0.6) is 0 Å². The molecule has 0 spiro atoms. The largest absolute Gasteiger partial charge is 0.372 e. The topological polar surface area (TPSA) is 64.3 Å². The zero-order valence-electron chi connectivity index (χ0n) is 12.4. The Morgan fingerprint density at radius 2 is 1.95 bits per heavy atom. The third-order valence-electron chi connectivity index (χ3n) is 4.88. The highest BCUT2D eigenvalue weighted by molar-refractivity contribution is 5.94. The molecular formula is C17H24N2O2. The van der Waals surface area contributed by atoms with Crippen LogP contribution in [0.25, 0.3) is 0 Å². The smallest absolute Gasteiger partial charge is 0.251 e. The van der Waals surface area contributed by atoms with Gasteiger partial charge in [0.15, 0.2) is 0 Å². The highest BCUT2D eigenvalue weighted by atomic mass is 16.5. The molecular weight excluding hydrogens is 264 g/mol. The molecule has 4 nitrogen and oxygen atoms in total. The van der Waals surface area contributed by atoms with Gasteiger partial charge in [0.2, 0.25) is 0 Å². The SMILES string of the molecule is NCC1CCCCC1CNC(=O)c1ccc2c(c1)COC2. The molecule has 1 heterocycles. The molecule has 3 rings (SSSR count). The Hall–Kier alpha value is -1.39. The quantitative estimate of drug-likeness (QED) is 0.893. The van der Waals surface area contributed by atoms with Gasteiger partial charge in [-0.25, -0.2) is 0 Å². The maximum Gasteiger partial charge on any atom is 0.251 e. The molecule has 21 heavy (non-hydrogen) atoms. The van der Waals surface area contributed by atoms with Crippen molar-refractivity contribution in [3.05, 3.63) is 34.9 Å². The fraction of sp³-hybridized carbons (Fsp3) is 0.588. The third kappa shape index (κ3) is 3.27. The number of hydrogen-bond acceptors (Lipinski definition) is 3. The maximum atomic E-state index is 12.3. The second-order valence-corrected chi connectivity index (χ2v) is 6.23. The summed E-state index contributed by atoms with van der Waals surface area (Å²) in [5.74, 6) is 1.11. The van der Waals surface area contributed by atoms with Crippen LogP contribution in [0.2, 0.25) is 0 Å². The number of rotatable bonds is 4. The molecule has 1 aliphatic carbocycles. The first-order valence-corrected chi connectivity index (χ1v) is 7.95. The summed E-state index contributed by atoms with van der Waals surface area (Å²) in [6, 6.07) is 5.85. The van der Waals surface area contributed by atoms with Crippen molar-refractivity contribution in [1.82, 2.24) is 5.32 Å². The molecule has 1 saturated carbocycles. The van der Waals surface area contributed by atoms with E-state index in [0.29, 0.717) is 25.0 Å². The average molecular weight is 288 g/mol. The number of nitrogens with one attached hydrogen (secondary N) is 1. The molecule has 0 saturated heterocycles. The first kappa shape index (κ1) is 14.5. The molecule has 1 aromatic carbocycles. The number of benzene rings is 1. The maximum absolute atomic E-state index is 12.3. The Labute approximate surface area is 126 Å². The summed E-state index contributed by atoms with van der Waals surface area (Å²) in [6.07, 6.45) is 4.91. The van der Waals surface area contributed by atoms with E-state index >= 15 is 0 Å². The van der Waals surface area contributed by atoms with E-state index in [0.717, 1.165) is 24.2 Å². The highest BCUT2D eigenvalue weighted by Crippen LogP contribution is 2.28. The molecule has 0 bridgehead atoms. The van der Waals surface area contributed by atoms with Gasteiger partial charge in [0.1, 0.15) is 0 Å². The van der Waals surface area contributed by atoms with E-state index in [4.69, 9.17) is 10.5 Å². The Morgan fingerprint density at radius 1 is 1.19 bits per heavy atom. The summed E-state index contributed by atoms with van der Waals surface area (Å²) in [5, 5.41) is 3.09. The van der Waals surface area contributed by atoms with Crippen molar-refractivity contribution in [2.45, 2.75) is 38.9 Å². The molecule has 2 unspecified atom stereocenters. The number of nitrogens with two attached hydrogens (primary N) is 1. The van der Waals surface area contributed by atoms with E-state index in [1.807, 2.05) is 18.2 Å². The van der Waals surface area contributed by atoms with Gasteiger partial charge in [-0.15, -0.1) is 0 Å². The molecule has 0 aromatic heterocycles. The first-order chi connectivity index (χ1) is 10.3. The number of ether oxygens (including phenoxy) is 1. The van der Waals surface area contributed by atoms with E-state index in [1.165, 1.54) is 31.2 Å². The Balaban J connectivity index is 1.58. The van der Waals surface area contributed by atoms with E-state index in [2.05, 4.69) is 5.32 Å². The predicted molar refractivity (Wildman–Crippen MR) is 81.8 cm³/mol. The van der Waals surface area contributed by atoms with Crippen molar-refractivity contribution in [2.24, 2.45) is 17.6 Å². The lowest BCUT2D eigenvalue weighted by atomic mass is 9.79. The zero-order chi connectivity index (χ0) is 14.7. The molecule has 3 N–H and O–H groups in total. The second-order valence-electron chi connectivity index (χ2n) is 6.23. The summed E-state index contributed by atoms with van der Waals surface area (Å²) < 4.78 is 5.39. The Morgan fingerprint density at radius 3 is 2.76 bits per heavy atom. The fourth-order valence-corrected chi connectivity index (χ4v) is 3.50. The number of hydrogen-bond donors (Lipinski definition) is 2. The van der Waals surface area contributed by atoms with Crippen molar-refractivity contribution in [3.63, 3.8) is 0 Å². The predicted octanol–water partition coefficient (Wildman–Crippen LogP) is 2.21. The Bertz CT molecular complexity index is 516. The van der Waals surface area contributed by atoms with Crippen molar-refractivity contribution in [3.8, 4) is 0 Å². The zero-order valence-corrected chi connectivity index (χ0v) is 12.4. The van der Waals surface area contributed by atoms with Crippen molar-refractivity contribution in [1.29, 1.82) is 0 Å². The standard InChI is InChI=1S/C17H24N2O2/c18-8-13-3-1-2-4-14(13)9-19-17(20)12-5-6-15-10-21-11-16(15)7-12/h5-7,13-14H,1-4,8-11,18H2,(H,19,20). The molecule has 2 aliphatic rings. The van der Waals surface area contributed by atoms with Crippen LogP contribution in [-0.2, 0) is 18.0 Å².